The Kier molecular flexibility index (Phi) is 5.82. The number of ether oxygens (including phenoxy) is 1. The molecule has 0 atom stereocenters. The Morgan fingerprint density at radius 3 is 2.48 bits per heavy atom. The van der Waals surface area contributed by atoms with Gasteiger partial charge in [-0.15, -0.1) is 0 Å². The van der Waals surface area contributed by atoms with Crippen molar-refractivity contribution in [3.8, 4) is 5.75 Å². The average molecular weight is 283 g/mol. The Labute approximate surface area is 128 Å². The van der Waals surface area contributed by atoms with Crippen molar-refractivity contribution in [1.82, 2.24) is 4.90 Å². The Morgan fingerprint density at radius 1 is 0.952 bits per heavy atom. The van der Waals surface area contributed by atoms with Gasteiger partial charge in [0.05, 0.1) is 0 Å². The van der Waals surface area contributed by atoms with E-state index in [4.69, 9.17) is 4.74 Å². The summed E-state index contributed by atoms with van der Waals surface area (Å²) in [5.41, 5.74) is 3.83. The maximum Gasteiger partial charge on any atom is 0.122 e. The molecule has 0 unspecified atom stereocenters. The van der Waals surface area contributed by atoms with Crippen LogP contribution < -0.4 is 4.74 Å². The SMILES string of the molecule is CCc1ccccc1OCc1cccc(CN(C)CC)c1. The molecule has 2 heteroatoms. The summed E-state index contributed by atoms with van der Waals surface area (Å²) in [6.45, 7) is 7.00. The van der Waals surface area contributed by atoms with E-state index in [1.165, 1.54) is 16.7 Å². The van der Waals surface area contributed by atoms with Crippen LogP contribution in [0.25, 0.3) is 0 Å². The summed E-state index contributed by atoms with van der Waals surface area (Å²) in [5, 5.41) is 0. The van der Waals surface area contributed by atoms with Crippen molar-refractivity contribution in [2.75, 3.05) is 13.6 Å². The lowest BCUT2D eigenvalue weighted by Gasteiger charge is -2.15. The quantitative estimate of drug-likeness (QED) is 0.752. The summed E-state index contributed by atoms with van der Waals surface area (Å²) in [6, 6.07) is 16.9. The van der Waals surface area contributed by atoms with Crippen molar-refractivity contribution < 1.29 is 4.74 Å². The Balaban J connectivity index is 2.01. The van der Waals surface area contributed by atoms with Crippen LogP contribution >= 0.6 is 0 Å². The first kappa shape index (κ1) is 15.6. The fraction of sp³-hybridized carbons (Fsp3) is 0.368. The maximum absolute atomic E-state index is 5.99. The molecule has 21 heavy (non-hydrogen) atoms. The number of para-hydroxylation sites is 1. The Bertz CT molecular complexity index is 565. The first-order valence-corrected chi connectivity index (χ1v) is 7.70. The zero-order valence-corrected chi connectivity index (χ0v) is 13.3. The summed E-state index contributed by atoms with van der Waals surface area (Å²) in [4.78, 5) is 2.30. The molecule has 0 bridgehead atoms. The van der Waals surface area contributed by atoms with E-state index >= 15 is 0 Å². The molecule has 0 fully saturated rings. The Morgan fingerprint density at radius 2 is 1.71 bits per heavy atom. The minimum atomic E-state index is 0.626. The molecule has 0 radical (unpaired) electrons. The largest absolute Gasteiger partial charge is 0.489 e. The lowest BCUT2D eigenvalue weighted by molar-refractivity contribution is 0.302. The van der Waals surface area contributed by atoms with Gasteiger partial charge < -0.3 is 9.64 Å². The van der Waals surface area contributed by atoms with Gasteiger partial charge in [0.25, 0.3) is 0 Å². The third-order valence-electron chi connectivity index (χ3n) is 3.73. The third kappa shape index (κ3) is 4.61. The van der Waals surface area contributed by atoms with E-state index in [9.17, 15) is 0 Å². The van der Waals surface area contributed by atoms with Crippen LogP contribution in [0.3, 0.4) is 0 Å². The second-order valence-electron chi connectivity index (χ2n) is 5.40. The van der Waals surface area contributed by atoms with E-state index in [1.807, 2.05) is 12.1 Å². The summed E-state index contributed by atoms with van der Waals surface area (Å²) >= 11 is 0. The average Bonchev–Trinajstić information content (AvgIpc) is 2.53. The fourth-order valence-electron chi connectivity index (χ4n) is 2.34. The van der Waals surface area contributed by atoms with Crippen molar-refractivity contribution in [3.63, 3.8) is 0 Å². The van der Waals surface area contributed by atoms with E-state index < -0.39 is 0 Å². The Hall–Kier alpha value is -1.80. The zero-order valence-electron chi connectivity index (χ0n) is 13.3. The molecule has 112 valence electrons. The van der Waals surface area contributed by atoms with E-state index in [0.29, 0.717) is 6.61 Å². The normalized spacial score (nSPS) is 10.9. The first-order chi connectivity index (χ1) is 10.2. The van der Waals surface area contributed by atoms with Crippen molar-refractivity contribution in [2.45, 2.75) is 33.4 Å². The highest BCUT2D eigenvalue weighted by Gasteiger charge is 2.03. The molecule has 2 aromatic carbocycles. The predicted octanol–water partition coefficient (Wildman–Crippen LogP) is 4.28. The lowest BCUT2D eigenvalue weighted by atomic mass is 10.1. The van der Waals surface area contributed by atoms with Crippen molar-refractivity contribution in [2.24, 2.45) is 0 Å². The molecule has 0 heterocycles. The molecule has 0 aliphatic heterocycles. The minimum Gasteiger partial charge on any atom is -0.489 e. The van der Waals surface area contributed by atoms with E-state index in [1.54, 1.807) is 0 Å². The number of rotatable bonds is 7. The van der Waals surface area contributed by atoms with Crippen LogP contribution in [0.15, 0.2) is 48.5 Å². The highest BCUT2D eigenvalue weighted by molar-refractivity contribution is 5.33. The molecule has 0 aliphatic carbocycles. The highest BCUT2D eigenvalue weighted by Crippen LogP contribution is 2.20. The van der Waals surface area contributed by atoms with Gasteiger partial charge >= 0.3 is 0 Å². The molecule has 0 amide bonds. The number of hydrogen-bond donors (Lipinski definition) is 0. The smallest absolute Gasteiger partial charge is 0.122 e. The van der Waals surface area contributed by atoms with E-state index in [-0.39, 0.29) is 0 Å². The molecule has 0 N–H and O–H groups in total. The number of benzene rings is 2. The topological polar surface area (TPSA) is 12.5 Å². The van der Waals surface area contributed by atoms with Crippen LogP contribution in [0.4, 0.5) is 0 Å². The summed E-state index contributed by atoms with van der Waals surface area (Å²) in [6.07, 6.45) is 0.998. The second kappa shape index (κ2) is 7.84. The van der Waals surface area contributed by atoms with Gasteiger partial charge in [-0.25, -0.2) is 0 Å². The number of aryl methyl sites for hydroxylation is 1. The van der Waals surface area contributed by atoms with Gasteiger partial charge in [0, 0.05) is 6.54 Å². The van der Waals surface area contributed by atoms with Crippen molar-refractivity contribution in [3.05, 3.63) is 65.2 Å². The molecule has 2 aromatic rings. The maximum atomic E-state index is 5.99. The van der Waals surface area contributed by atoms with E-state index in [2.05, 4.69) is 62.2 Å². The van der Waals surface area contributed by atoms with Gasteiger partial charge in [-0.05, 0) is 42.8 Å². The van der Waals surface area contributed by atoms with Crippen molar-refractivity contribution >= 4 is 0 Å². The molecule has 0 aromatic heterocycles. The molecule has 2 rings (SSSR count). The second-order valence-corrected chi connectivity index (χ2v) is 5.40. The zero-order chi connectivity index (χ0) is 15.1. The van der Waals surface area contributed by atoms with Crippen molar-refractivity contribution in [1.29, 1.82) is 0 Å². The van der Waals surface area contributed by atoms with Gasteiger partial charge in [0.2, 0.25) is 0 Å². The minimum absolute atomic E-state index is 0.626. The summed E-state index contributed by atoms with van der Waals surface area (Å²) in [5.74, 6) is 0.996. The van der Waals surface area contributed by atoms with Crippen LogP contribution in [0.5, 0.6) is 5.75 Å². The van der Waals surface area contributed by atoms with Gasteiger partial charge in [0.1, 0.15) is 12.4 Å². The number of hydrogen-bond acceptors (Lipinski definition) is 2. The first-order valence-electron chi connectivity index (χ1n) is 7.70. The summed E-state index contributed by atoms with van der Waals surface area (Å²) in [7, 11) is 2.14. The molecule has 2 nitrogen and oxygen atoms in total. The molecule has 0 saturated heterocycles. The van der Waals surface area contributed by atoms with Crippen LogP contribution in [0.1, 0.15) is 30.5 Å². The standard InChI is InChI=1S/C19H25NO/c1-4-18-11-6-7-12-19(18)21-15-17-10-8-9-16(13-17)14-20(3)5-2/h6-13H,4-5,14-15H2,1-3H3. The van der Waals surface area contributed by atoms with Gasteiger partial charge in [-0.2, -0.15) is 0 Å². The monoisotopic (exact) mass is 283 g/mol. The van der Waals surface area contributed by atoms with Gasteiger partial charge in [-0.1, -0.05) is 56.3 Å². The highest BCUT2D eigenvalue weighted by atomic mass is 16.5. The van der Waals surface area contributed by atoms with Crippen LogP contribution in [0, 0.1) is 0 Å². The third-order valence-corrected chi connectivity index (χ3v) is 3.73. The molecular formula is C19H25NO. The molecule has 0 aliphatic rings. The number of nitrogens with zero attached hydrogens (tertiary/aromatic N) is 1. The fourth-order valence-corrected chi connectivity index (χ4v) is 2.34. The van der Waals surface area contributed by atoms with Crippen LogP contribution in [0.2, 0.25) is 0 Å². The predicted molar refractivity (Wildman–Crippen MR) is 88.6 cm³/mol. The van der Waals surface area contributed by atoms with Crippen LogP contribution in [-0.4, -0.2) is 18.5 Å². The van der Waals surface area contributed by atoms with Gasteiger partial charge in [0.15, 0.2) is 0 Å². The molecular weight excluding hydrogens is 258 g/mol. The van der Waals surface area contributed by atoms with Crippen LogP contribution in [-0.2, 0) is 19.6 Å². The summed E-state index contributed by atoms with van der Waals surface area (Å²) < 4.78 is 5.99. The van der Waals surface area contributed by atoms with Gasteiger partial charge in [-0.3, -0.25) is 0 Å². The molecule has 0 saturated carbocycles. The lowest BCUT2D eigenvalue weighted by Crippen LogP contribution is -2.16. The molecule has 0 spiro atoms. The van der Waals surface area contributed by atoms with E-state index in [0.717, 1.165) is 25.3 Å².